The van der Waals surface area contributed by atoms with Crippen molar-refractivity contribution in [2.24, 2.45) is 5.73 Å². The van der Waals surface area contributed by atoms with E-state index < -0.39 is 0 Å². The number of nitrogens with one attached hydrogen (secondary N) is 1. The van der Waals surface area contributed by atoms with E-state index in [9.17, 15) is 0 Å². The zero-order valence-electron chi connectivity index (χ0n) is 7.94. The molecule has 72 valence electrons. The summed E-state index contributed by atoms with van der Waals surface area (Å²) in [7, 11) is 0. The highest BCUT2D eigenvalue weighted by Crippen LogP contribution is 2.16. The summed E-state index contributed by atoms with van der Waals surface area (Å²) in [4.78, 5) is 0. The van der Waals surface area contributed by atoms with Crippen LogP contribution in [0.15, 0.2) is 0 Å². The molecule has 1 saturated heterocycles. The molecule has 0 aromatic rings. The van der Waals surface area contributed by atoms with Crippen molar-refractivity contribution in [1.82, 2.24) is 5.32 Å². The molecule has 0 radical (unpaired) electrons. The van der Waals surface area contributed by atoms with Crippen LogP contribution >= 0.6 is 0 Å². The molecule has 1 fully saturated rings. The van der Waals surface area contributed by atoms with Crippen LogP contribution in [0.1, 0.15) is 26.2 Å². The third-order valence-electron chi connectivity index (χ3n) is 2.40. The van der Waals surface area contributed by atoms with Gasteiger partial charge in [-0.25, -0.2) is 0 Å². The first kappa shape index (κ1) is 9.96. The SMILES string of the molecule is CC1(NCCCCN)CCOC1. The Morgan fingerprint density at radius 3 is 2.92 bits per heavy atom. The van der Waals surface area contributed by atoms with Crippen molar-refractivity contribution in [1.29, 1.82) is 0 Å². The van der Waals surface area contributed by atoms with E-state index in [-0.39, 0.29) is 5.54 Å². The third-order valence-corrected chi connectivity index (χ3v) is 2.40. The van der Waals surface area contributed by atoms with Crippen LogP contribution in [0.25, 0.3) is 0 Å². The number of unbranched alkanes of at least 4 members (excludes halogenated alkanes) is 1. The summed E-state index contributed by atoms with van der Waals surface area (Å²) in [5, 5.41) is 3.51. The maximum absolute atomic E-state index is 5.40. The highest BCUT2D eigenvalue weighted by molar-refractivity contribution is 4.86. The summed E-state index contributed by atoms with van der Waals surface area (Å²) in [6.45, 7) is 5.85. The number of rotatable bonds is 5. The van der Waals surface area contributed by atoms with E-state index in [0.717, 1.165) is 39.1 Å². The molecular formula is C9H20N2O. The standard InChI is InChI=1S/C9H20N2O/c1-9(4-7-12-8-9)11-6-3-2-5-10/h11H,2-8,10H2,1H3. The lowest BCUT2D eigenvalue weighted by Gasteiger charge is -2.23. The second-order valence-corrected chi connectivity index (χ2v) is 3.79. The number of ether oxygens (including phenoxy) is 1. The lowest BCUT2D eigenvalue weighted by atomic mass is 10.0. The van der Waals surface area contributed by atoms with Gasteiger partial charge in [-0.15, -0.1) is 0 Å². The molecule has 1 rings (SSSR count). The molecule has 0 spiro atoms. The molecule has 0 aromatic heterocycles. The second kappa shape index (κ2) is 4.80. The van der Waals surface area contributed by atoms with Gasteiger partial charge in [-0.3, -0.25) is 0 Å². The Morgan fingerprint density at radius 2 is 2.33 bits per heavy atom. The molecule has 3 nitrogen and oxygen atoms in total. The highest BCUT2D eigenvalue weighted by atomic mass is 16.5. The van der Waals surface area contributed by atoms with E-state index in [1.165, 1.54) is 6.42 Å². The largest absolute Gasteiger partial charge is 0.379 e. The van der Waals surface area contributed by atoms with Crippen LogP contribution in [0, 0.1) is 0 Å². The first-order valence-electron chi connectivity index (χ1n) is 4.80. The molecule has 1 unspecified atom stereocenters. The van der Waals surface area contributed by atoms with Gasteiger partial charge in [-0.2, -0.15) is 0 Å². The van der Waals surface area contributed by atoms with Crippen molar-refractivity contribution in [2.75, 3.05) is 26.3 Å². The van der Waals surface area contributed by atoms with Crippen LogP contribution in [0.4, 0.5) is 0 Å². The predicted molar refractivity (Wildman–Crippen MR) is 50.1 cm³/mol. The summed E-state index contributed by atoms with van der Waals surface area (Å²) in [6, 6.07) is 0. The van der Waals surface area contributed by atoms with Crippen molar-refractivity contribution in [3.8, 4) is 0 Å². The fourth-order valence-electron chi connectivity index (χ4n) is 1.47. The van der Waals surface area contributed by atoms with Gasteiger partial charge in [-0.05, 0) is 39.3 Å². The van der Waals surface area contributed by atoms with Crippen molar-refractivity contribution >= 4 is 0 Å². The van der Waals surface area contributed by atoms with Crippen LogP contribution in [0.3, 0.4) is 0 Å². The molecule has 3 N–H and O–H groups in total. The Morgan fingerprint density at radius 1 is 1.50 bits per heavy atom. The maximum atomic E-state index is 5.40. The molecule has 0 saturated carbocycles. The number of hydrogen-bond acceptors (Lipinski definition) is 3. The van der Waals surface area contributed by atoms with Crippen molar-refractivity contribution in [3.05, 3.63) is 0 Å². The van der Waals surface area contributed by atoms with Gasteiger partial charge in [-0.1, -0.05) is 0 Å². The molecule has 0 amide bonds. The third kappa shape index (κ3) is 3.09. The first-order chi connectivity index (χ1) is 5.77. The Balaban J connectivity index is 2.05. The van der Waals surface area contributed by atoms with Gasteiger partial charge in [0.15, 0.2) is 0 Å². The van der Waals surface area contributed by atoms with Gasteiger partial charge >= 0.3 is 0 Å². The lowest BCUT2D eigenvalue weighted by molar-refractivity contribution is 0.171. The highest BCUT2D eigenvalue weighted by Gasteiger charge is 2.28. The molecule has 1 aliphatic rings. The minimum atomic E-state index is 0.231. The minimum Gasteiger partial charge on any atom is -0.379 e. The fourth-order valence-corrected chi connectivity index (χ4v) is 1.47. The van der Waals surface area contributed by atoms with Gasteiger partial charge in [0.05, 0.1) is 6.61 Å². The molecular weight excluding hydrogens is 152 g/mol. The van der Waals surface area contributed by atoms with Gasteiger partial charge < -0.3 is 15.8 Å². The fraction of sp³-hybridized carbons (Fsp3) is 1.00. The zero-order valence-corrected chi connectivity index (χ0v) is 7.94. The van der Waals surface area contributed by atoms with E-state index in [0.29, 0.717) is 0 Å². The van der Waals surface area contributed by atoms with Gasteiger partial charge in [0.25, 0.3) is 0 Å². The minimum absolute atomic E-state index is 0.231. The molecule has 1 aliphatic heterocycles. The summed E-state index contributed by atoms with van der Waals surface area (Å²) in [6.07, 6.45) is 3.42. The molecule has 1 atom stereocenters. The quantitative estimate of drug-likeness (QED) is 0.593. The molecule has 0 aliphatic carbocycles. The molecule has 0 bridgehead atoms. The zero-order chi connectivity index (χ0) is 8.86. The average molecular weight is 172 g/mol. The average Bonchev–Trinajstić information content (AvgIpc) is 2.47. The molecule has 0 aromatic carbocycles. The van der Waals surface area contributed by atoms with Gasteiger partial charge in [0, 0.05) is 12.1 Å². The smallest absolute Gasteiger partial charge is 0.0646 e. The summed E-state index contributed by atoms with van der Waals surface area (Å²) >= 11 is 0. The lowest BCUT2D eigenvalue weighted by Crippen LogP contribution is -2.43. The van der Waals surface area contributed by atoms with Crippen LogP contribution in [-0.4, -0.2) is 31.8 Å². The monoisotopic (exact) mass is 172 g/mol. The Kier molecular flexibility index (Phi) is 3.98. The van der Waals surface area contributed by atoms with Crippen LogP contribution in [-0.2, 0) is 4.74 Å². The van der Waals surface area contributed by atoms with Crippen LogP contribution in [0.2, 0.25) is 0 Å². The van der Waals surface area contributed by atoms with E-state index in [2.05, 4.69) is 12.2 Å². The van der Waals surface area contributed by atoms with Gasteiger partial charge in [0.2, 0.25) is 0 Å². The van der Waals surface area contributed by atoms with E-state index in [1.54, 1.807) is 0 Å². The summed E-state index contributed by atoms with van der Waals surface area (Å²) < 4.78 is 5.33. The number of nitrogens with two attached hydrogens (primary N) is 1. The van der Waals surface area contributed by atoms with E-state index in [4.69, 9.17) is 10.5 Å². The Labute approximate surface area is 74.7 Å². The van der Waals surface area contributed by atoms with Crippen LogP contribution < -0.4 is 11.1 Å². The summed E-state index contributed by atoms with van der Waals surface area (Å²) in [5.41, 5.74) is 5.63. The Bertz CT molecular complexity index is 122. The number of hydrogen-bond donors (Lipinski definition) is 2. The predicted octanol–water partition coefficient (Wildman–Crippen LogP) is 0.494. The van der Waals surface area contributed by atoms with E-state index >= 15 is 0 Å². The van der Waals surface area contributed by atoms with Crippen molar-refractivity contribution in [2.45, 2.75) is 31.7 Å². The normalized spacial score (nSPS) is 29.5. The second-order valence-electron chi connectivity index (χ2n) is 3.79. The van der Waals surface area contributed by atoms with Crippen LogP contribution in [0.5, 0.6) is 0 Å². The van der Waals surface area contributed by atoms with E-state index in [1.807, 2.05) is 0 Å². The summed E-state index contributed by atoms with van der Waals surface area (Å²) in [5.74, 6) is 0. The first-order valence-corrected chi connectivity index (χ1v) is 4.80. The Hall–Kier alpha value is -0.120. The molecule has 3 heteroatoms. The molecule has 1 heterocycles. The maximum Gasteiger partial charge on any atom is 0.0646 e. The molecule has 12 heavy (non-hydrogen) atoms. The van der Waals surface area contributed by atoms with Crippen molar-refractivity contribution < 1.29 is 4.74 Å². The van der Waals surface area contributed by atoms with Crippen molar-refractivity contribution in [3.63, 3.8) is 0 Å². The van der Waals surface area contributed by atoms with Gasteiger partial charge in [0.1, 0.15) is 0 Å². The topological polar surface area (TPSA) is 47.3 Å².